The van der Waals surface area contributed by atoms with Crippen LogP contribution in [0.4, 0.5) is 0 Å². The van der Waals surface area contributed by atoms with Gasteiger partial charge in [-0.25, -0.2) is 0 Å². The molecule has 34 heavy (non-hydrogen) atoms. The number of hydrogen-bond acceptors (Lipinski definition) is 6. The summed E-state index contributed by atoms with van der Waals surface area (Å²) in [5.74, 6) is -2.60. The Balaban J connectivity index is 1.68. The number of rotatable bonds is 2. The fourth-order valence-corrected chi connectivity index (χ4v) is 10.0. The van der Waals surface area contributed by atoms with Gasteiger partial charge in [-0.15, -0.1) is 0 Å². The number of benzene rings is 2. The van der Waals surface area contributed by atoms with Crippen LogP contribution in [0, 0.1) is 44.3 Å². The minimum Gasteiger partial charge on any atom is -0.469 e. The van der Waals surface area contributed by atoms with E-state index in [0.29, 0.717) is 12.8 Å². The first-order valence-electron chi connectivity index (χ1n) is 11.7. The van der Waals surface area contributed by atoms with Crippen LogP contribution >= 0.6 is 0 Å². The van der Waals surface area contributed by atoms with Crippen LogP contribution in [-0.4, -0.2) is 26.2 Å². The lowest BCUT2D eigenvalue weighted by Crippen LogP contribution is -2.85. The van der Waals surface area contributed by atoms with E-state index in [1.807, 2.05) is 48.5 Å². The predicted octanol–water partition coefficient (Wildman–Crippen LogP) is 3.91. The highest BCUT2D eigenvalue weighted by Gasteiger charge is 3.05. The normalized spacial score (nSPS) is 42.8. The standard InChI is InChI=1S/C28H22N2O4/c1-33-23(31)27-21-11-19(15-7-3-5-9-17(15)21)25(27,13-29)26(14-30)20-12-22(28(26,27)24(32)34-2)18-10-6-4-8-16(18)20/h3-10,19-22H,11-12H2,1-2H3/t19-,20-,21+,22+,25+,26+,27-,28-/m0/s1. The molecule has 0 N–H and O–H groups in total. The molecule has 0 spiro atoms. The van der Waals surface area contributed by atoms with Crippen molar-refractivity contribution in [2.24, 2.45) is 21.7 Å². The van der Waals surface area contributed by atoms with E-state index in [9.17, 15) is 20.1 Å². The molecule has 168 valence electrons. The van der Waals surface area contributed by atoms with Crippen LogP contribution in [-0.2, 0) is 19.1 Å². The topological polar surface area (TPSA) is 100 Å². The summed E-state index contributed by atoms with van der Waals surface area (Å²) in [5.41, 5.74) is -1.76. The molecule has 6 heteroatoms. The van der Waals surface area contributed by atoms with Gasteiger partial charge in [0.25, 0.3) is 0 Å². The Morgan fingerprint density at radius 2 is 1.03 bits per heavy atom. The van der Waals surface area contributed by atoms with E-state index < -0.39 is 45.4 Å². The minimum absolute atomic E-state index is 0.332. The van der Waals surface area contributed by atoms with Gasteiger partial charge in [-0.2, -0.15) is 10.5 Å². The molecule has 2 aromatic rings. The smallest absolute Gasteiger partial charge is 0.315 e. The lowest BCUT2D eigenvalue weighted by Gasteiger charge is -2.75. The maximum atomic E-state index is 14.1. The fraction of sp³-hybridized carbons (Fsp3) is 0.429. The van der Waals surface area contributed by atoms with E-state index in [2.05, 4.69) is 12.1 Å². The SMILES string of the molecule is COC(=O)[C@@]12[C@@H]3C[C@@H](c4ccccc43)[C@]1(C#N)[C@@]1(C#N)[C@H]3C[C@H](c4ccccc43)[C@]12C(=O)OC. The summed E-state index contributed by atoms with van der Waals surface area (Å²) in [6.45, 7) is 0. The average Bonchev–Trinajstić information content (AvgIpc) is 3.59. The number of hydrogen-bond donors (Lipinski definition) is 0. The number of ether oxygens (including phenoxy) is 2. The number of fused-ring (bicyclic) bond motifs is 18. The van der Waals surface area contributed by atoms with Gasteiger partial charge >= 0.3 is 11.9 Å². The van der Waals surface area contributed by atoms with Crippen molar-refractivity contribution in [3.63, 3.8) is 0 Å². The monoisotopic (exact) mass is 450 g/mol. The lowest BCUT2D eigenvalue weighted by atomic mass is 9.19. The molecule has 0 aromatic heterocycles. The van der Waals surface area contributed by atoms with Crippen molar-refractivity contribution >= 4 is 11.9 Å². The summed E-state index contributed by atoms with van der Waals surface area (Å²) < 4.78 is 10.9. The van der Waals surface area contributed by atoms with E-state index in [1.165, 1.54) is 14.2 Å². The van der Waals surface area contributed by atoms with Crippen LogP contribution in [0.15, 0.2) is 48.5 Å². The summed E-state index contributed by atoms with van der Waals surface area (Å²) in [5, 5.41) is 22.1. The second-order valence-corrected chi connectivity index (χ2v) is 10.4. The molecule has 3 fully saturated rings. The van der Waals surface area contributed by atoms with Crippen molar-refractivity contribution in [2.75, 3.05) is 14.2 Å². The van der Waals surface area contributed by atoms with Gasteiger partial charge in [0.2, 0.25) is 0 Å². The number of carbonyl (C=O) groups is 2. The zero-order valence-electron chi connectivity index (χ0n) is 18.9. The predicted molar refractivity (Wildman–Crippen MR) is 118 cm³/mol. The molecule has 2 aromatic carbocycles. The summed E-state index contributed by atoms with van der Waals surface area (Å²) in [6, 6.07) is 20.8. The Bertz CT molecular complexity index is 1310. The Hall–Kier alpha value is -3.64. The number of esters is 2. The van der Waals surface area contributed by atoms with E-state index in [4.69, 9.17) is 9.47 Å². The van der Waals surface area contributed by atoms with Crippen molar-refractivity contribution in [2.45, 2.75) is 36.5 Å². The van der Waals surface area contributed by atoms with Gasteiger partial charge in [-0.3, -0.25) is 9.59 Å². The van der Waals surface area contributed by atoms with Gasteiger partial charge in [0, 0.05) is 23.7 Å². The molecule has 6 nitrogen and oxygen atoms in total. The molecule has 0 aliphatic heterocycles. The average molecular weight is 450 g/mol. The molecule has 0 unspecified atom stereocenters. The number of carbonyl (C=O) groups excluding carboxylic acids is 2. The van der Waals surface area contributed by atoms with Gasteiger partial charge in [0.05, 0.1) is 26.4 Å². The Labute approximate surface area is 197 Å². The minimum atomic E-state index is -1.49. The van der Waals surface area contributed by atoms with Crippen molar-refractivity contribution in [3.8, 4) is 12.1 Å². The summed E-state index contributed by atoms with van der Waals surface area (Å²) in [6.07, 6.45) is 1.08. The second-order valence-electron chi connectivity index (χ2n) is 10.4. The third-order valence-electron chi connectivity index (χ3n) is 10.4. The van der Waals surface area contributed by atoms with E-state index in [0.717, 1.165) is 22.3 Å². The highest BCUT2D eigenvalue weighted by atomic mass is 16.5. The van der Waals surface area contributed by atoms with Crippen molar-refractivity contribution < 1.29 is 19.1 Å². The molecule has 0 saturated heterocycles. The molecular formula is C28H22N2O4. The zero-order valence-corrected chi connectivity index (χ0v) is 18.9. The summed E-state index contributed by atoms with van der Waals surface area (Å²) in [4.78, 5) is 28.2. The largest absolute Gasteiger partial charge is 0.469 e. The van der Waals surface area contributed by atoms with Crippen LogP contribution in [0.25, 0.3) is 0 Å². The quantitative estimate of drug-likeness (QED) is 0.508. The Morgan fingerprint density at radius 1 is 0.706 bits per heavy atom. The number of nitrogens with zero attached hydrogens (tertiary/aromatic N) is 2. The maximum Gasteiger partial charge on any atom is 0.315 e. The number of methoxy groups -OCH3 is 2. The van der Waals surface area contributed by atoms with E-state index in [1.54, 1.807) is 0 Å². The van der Waals surface area contributed by atoms with Crippen LogP contribution in [0.2, 0.25) is 0 Å². The van der Waals surface area contributed by atoms with Crippen LogP contribution in [0.1, 0.15) is 58.8 Å². The number of nitriles is 2. The first-order chi connectivity index (χ1) is 16.5. The maximum absolute atomic E-state index is 14.1. The zero-order chi connectivity index (χ0) is 23.7. The van der Waals surface area contributed by atoms with Crippen LogP contribution < -0.4 is 0 Å². The van der Waals surface area contributed by atoms with Crippen molar-refractivity contribution in [3.05, 3.63) is 70.8 Å². The molecule has 5 aliphatic rings. The van der Waals surface area contributed by atoms with Gasteiger partial charge in [-0.1, -0.05) is 48.5 Å². The Morgan fingerprint density at radius 3 is 1.32 bits per heavy atom. The van der Waals surface area contributed by atoms with E-state index in [-0.39, 0.29) is 11.8 Å². The third kappa shape index (κ3) is 1.37. The highest BCUT2D eigenvalue weighted by Crippen LogP contribution is 3.00. The van der Waals surface area contributed by atoms with Gasteiger partial charge < -0.3 is 9.47 Å². The molecular weight excluding hydrogens is 428 g/mol. The Kier molecular flexibility index (Phi) is 3.32. The van der Waals surface area contributed by atoms with Gasteiger partial charge in [0.15, 0.2) is 0 Å². The molecule has 0 amide bonds. The molecule has 5 aliphatic carbocycles. The van der Waals surface area contributed by atoms with Gasteiger partial charge in [-0.05, 0) is 35.1 Å². The molecule has 0 heterocycles. The van der Waals surface area contributed by atoms with Crippen LogP contribution in [0.3, 0.4) is 0 Å². The third-order valence-corrected chi connectivity index (χ3v) is 10.4. The van der Waals surface area contributed by atoms with Crippen LogP contribution in [0.5, 0.6) is 0 Å². The molecule has 3 saturated carbocycles. The first kappa shape index (κ1) is 19.8. The highest BCUT2D eigenvalue weighted by molar-refractivity contribution is 6.00. The first-order valence-corrected chi connectivity index (χ1v) is 11.7. The summed E-state index contributed by atoms with van der Waals surface area (Å²) >= 11 is 0. The fourth-order valence-electron chi connectivity index (χ4n) is 10.0. The van der Waals surface area contributed by atoms with Crippen molar-refractivity contribution in [1.29, 1.82) is 10.5 Å². The molecule has 0 radical (unpaired) electrons. The second kappa shape index (κ2) is 5.70. The molecule has 4 bridgehead atoms. The van der Waals surface area contributed by atoms with Crippen molar-refractivity contribution in [1.82, 2.24) is 0 Å². The molecule has 7 rings (SSSR count). The van der Waals surface area contributed by atoms with Gasteiger partial charge in [0.1, 0.15) is 21.7 Å². The van der Waals surface area contributed by atoms with E-state index >= 15 is 0 Å². The lowest BCUT2D eigenvalue weighted by molar-refractivity contribution is -0.285. The summed E-state index contributed by atoms with van der Waals surface area (Å²) in [7, 11) is 2.63. The molecule has 8 atom stereocenters.